The molecule has 0 aliphatic carbocycles. The van der Waals surface area contributed by atoms with Crippen molar-refractivity contribution in [1.82, 2.24) is 4.98 Å². The van der Waals surface area contributed by atoms with Crippen LogP contribution in [0.5, 0.6) is 0 Å². The van der Waals surface area contributed by atoms with Gasteiger partial charge in [0, 0.05) is 6.92 Å². The molecule has 1 heterocycles. The lowest BCUT2D eigenvalue weighted by molar-refractivity contribution is -0.137. The van der Waals surface area contributed by atoms with Crippen molar-refractivity contribution in [3.05, 3.63) is 15.6 Å². The van der Waals surface area contributed by atoms with E-state index in [-0.39, 0.29) is 22.8 Å². The first-order chi connectivity index (χ1) is 7.77. The Morgan fingerprint density at radius 3 is 2.41 bits per heavy atom. The maximum absolute atomic E-state index is 12.4. The number of hydrogen-bond acceptors (Lipinski definition) is 5. The second-order valence-electron chi connectivity index (χ2n) is 2.97. The molecule has 0 bridgehead atoms. The van der Waals surface area contributed by atoms with E-state index in [4.69, 9.17) is 0 Å². The molecule has 1 aromatic heterocycles. The Morgan fingerprint density at radius 2 is 2.00 bits per heavy atom. The fourth-order valence-electron chi connectivity index (χ4n) is 1.02. The highest BCUT2D eigenvalue weighted by molar-refractivity contribution is 7.14. The number of aromatic nitrogens is 1. The first-order valence-corrected chi connectivity index (χ1v) is 5.35. The molecule has 0 N–H and O–H groups in total. The molecule has 94 valence electrons. The minimum Gasteiger partial charge on any atom is -0.461 e. The van der Waals surface area contributed by atoms with Crippen LogP contribution < -0.4 is 0 Å². The molecule has 1 rings (SSSR count). The third-order valence-corrected chi connectivity index (χ3v) is 2.86. The van der Waals surface area contributed by atoms with Gasteiger partial charge >= 0.3 is 12.1 Å². The summed E-state index contributed by atoms with van der Waals surface area (Å²) >= 11 is 0.142. The van der Waals surface area contributed by atoms with Gasteiger partial charge in [0.1, 0.15) is 4.88 Å². The number of thiazole rings is 1. The highest BCUT2D eigenvalue weighted by Gasteiger charge is 2.38. The van der Waals surface area contributed by atoms with E-state index in [0.29, 0.717) is 0 Å². The normalized spacial score (nSPS) is 11.4. The van der Waals surface area contributed by atoms with Gasteiger partial charge in [0.25, 0.3) is 0 Å². The summed E-state index contributed by atoms with van der Waals surface area (Å²) in [5.74, 6) is -1.68. The number of rotatable bonds is 3. The number of alkyl halides is 3. The summed E-state index contributed by atoms with van der Waals surface area (Å²) in [6.07, 6.45) is -4.68. The van der Waals surface area contributed by atoms with Gasteiger partial charge in [-0.05, 0) is 6.92 Å². The van der Waals surface area contributed by atoms with Crippen LogP contribution in [0.2, 0.25) is 0 Å². The fourth-order valence-corrected chi connectivity index (χ4v) is 1.83. The number of halogens is 3. The fraction of sp³-hybridized carbons (Fsp3) is 0.444. The molecule has 0 unspecified atom stereocenters. The van der Waals surface area contributed by atoms with Gasteiger partial charge in [0.2, 0.25) is 0 Å². The molecular formula is C9H8F3NO3S. The van der Waals surface area contributed by atoms with Gasteiger partial charge in [-0.2, -0.15) is 13.2 Å². The zero-order chi connectivity index (χ0) is 13.2. The second kappa shape index (κ2) is 4.82. The summed E-state index contributed by atoms with van der Waals surface area (Å²) < 4.78 is 41.7. The van der Waals surface area contributed by atoms with Gasteiger partial charge in [0.05, 0.1) is 6.61 Å². The number of Topliss-reactive ketones (excluding diaryl/α,β-unsaturated/α-hetero) is 1. The quantitative estimate of drug-likeness (QED) is 0.623. The largest absolute Gasteiger partial charge is 0.461 e. The van der Waals surface area contributed by atoms with Crippen LogP contribution in [0.3, 0.4) is 0 Å². The molecule has 0 saturated carbocycles. The van der Waals surface area contributed by atoms with Gasteiger partial charge in [-0.3, -0.25) is 4.79 Å². The van der Waals surface area contributed by atoms with Crippen LogP contribution in [0.1, 0.15) is 39.0 Å². The lowest BCUT2D eigenvalue weighted by Crippen LogP contribution is -2.10. The average Bonchev–Trinajstić information content (AvgIpc) is 2.61. The SMILES string of the molecule is CCOC(=O)c1nc(C(F)(F)F)sc1C(C)=O. The average molecular weight is 267 g/mol. The number of carbonyl (C=O) groups excluding carboxylic acids is 2. The van der Waals surface area contributed by atoms with E-state index >= 15 is 0 Å². The van der Waals surface area contributed by atoms with Crippen molar-refractivity contribution in [2.45, 2.75) is 20.0 Å². The molecule has 1 aromatic rings. The van der Waals surface area contributed by atoms with Crippen molar-refractivity contribution in [2.75, 3.05) is 6.61 Å². The van der Waals surface area contributed by atoms with Crippen molar-refractivity contribution < 1.29 is 27.5 Å². The first kappa shape index (κ1) is 13.6. The number of esters is 1. The Hall–Kier alpha value is -1.44. The van der Waals surface area contributed by atoms with Crippen molar-refractivity contribution >= 4 is 23.1 Å². The van der Waals surface area contributed by atoms with Crippen LogP contribution >= 0.6 is 11.3 Å². The van der Waals surface area contributed by atoms with Crippen LogP contribution in [-0.4, -0.2) is 23.3 Å². The molecular weight excluding hydrogens is 259 g/mol. The van der Waals surface area contributed by atoms with Crippen molar-refractivity contribution in [1.29, 1.82) is 0 Å². The van der Waals surface area contributed by atoms with Crippen molar-refractivity contribution in [3.63, 3.8) is 0 Å². The predicted octanol–water partition coefficient (Wildman–Crippen LogP) is 2.54. The molecule has 0 radical (unpaired) electrons. The van der Waals surface area contributed by atoms with Crippen LogP contribution in [-0.2, 0) is 10.9 Å². The predicted molar refractivity (Wildman–Crippen MR) is 53.1 cm³/mol. The molecule has 0 aliphatic rings. The number of ether oxygens (including phenoxy) is 1. The summed E-state index contributed by atoms with van der Waals surface area (Å²) in [6, 6.07) is 0. The highest BCUT2D eigenvalue weighted by Crippen LogP contribution is 2.34. The maximum Gasteiger partial charge on any atom is 0.443 e. The number of ketones is 1. The van der Waals surface area contributed by atoms with Gasteiger partial charge < -0.3 is 4.74 Å². The van der Waals surface area contributed by atoms with Gasteiger partial charge in [-0.25, -0.2) is 9.78 Å². The van der Waals surface area contributed by atoms with Gasteiger partial charge in [-0.1, -0.05) is 0 Å². The van der Waals surface area contributed by atoms with E-state index in [0.717, 1.165) is 6.92 Å². The monoisotopic (exact) mass is 267 g/mol. The molecule has 0 atom stereocenters. The third kappa shape index (κ3) is 3.02. The smallest absolute Gasteiger partial charge is 0.443 e. The van der Waals surface area contributed by atoms with E-state index < -0.39 is 28.6 Å². The number of hydrogen-bond donors (Lipinski definition) is 0. The van der Waals surface area contributed by atoms with E-state index in [9.17, 15) is 22.8 Å². The van der Waals surface area contributed by atoms with Crippen molar-refractivity contribution in [2.24, 2.45) is 0 Å². The highest BCUT2D eigenvalue weighted by atomic mass is 32.1. The Kier molecular flexibility index (Phi) is 3.87. The Bertz CT molecular complexity index is 453. The Balaban J connectivity index is 3.24. The summed E-state index contributed by atoms with van der Waals surface area (Å²) in [7, 11) is 0. The number of carbonyl (C=O) groups is 2. The standard InChI is InChI=1S/C9H8F3NO3S/c1-3-16-7(15)5-6(4(2)14)17-8(13-5)9(10,11)12/h3H2,1-2H3. The second-order valence-corrected chi connectivity index (χ2v) is 3.97. The Labute approximate surface area is 98.4 Å². The molecule has 0 spiro atoms. The summed E-state index contributed by atoms with van der Waals surface area (Å²) in [6.45, 7) is 2.56. The van der Waals surface area contributed by atoms with E-state index in [1.165, 1.54) is 6.92 Å². The van der Waals surface area contributed by atoms with E-state index in [2.05, 4.69) is 9.72 Å². The van der Waals surface area contributed by atoms with E-state index in [1.54, 1.807) is 0 Å². The Morgan fingerprint density at radius 1 is 1.41 bits per heavy atom. The molecule has 0 aliphatic heterocycles. The van der Waals surface area contributed by atoms with Crippen molar-refractivity contribution in [3.8, 4) is 0 Å². The molecule has 0 fully saturated rings. The molecule has 17 heavy (non-hydrogen) atoms. The van der Waals surface area contributed by atoms with Gasteiger partial charge in [-0.15, -0.1) is 11.3 Å². The van der Waals surface area contributed by atoms with Crippen LogP contribution in [0.15, 0.2) is 0 Å². The molecule has 8 heteroatoms. The molecule has 0 aromatic carbocycles. The first-order valence-electron chi connectivity index (χ1n) is 4.53. The minimum atomic E-state index is -4.68. The summed E-state index contributed by atoms with van der Waals surface area (Å²) in [5, 5.41) is -1.23. The zero-order valence-electron chi connectivity index (χ0n) is 8.92. The molecule has 4 nitrogen and oxygen atoms in total. The minimum absolute atomic E-state index is 0.00490. The summed E-state index contributed by atoms with van der Waals surface area (Å²) in [4.78, 5) is 25.2. The lowest BCUT2D eigenvalue weighted by Gasteiger charge is -1.99. The molecule has 0 amide bonds. The molecule has 0 saturated heterocycles. The van der Waals surface area contributed by atoms with E-state index in [1.807, 2.05) is 0 Å². The zero-order valence-corrected chi connectivity index (χ0v) is 9.74. The van der Waals surface area contributed by atoms with Crippen LogP contribution in [0.25, 0.3) is 0 Å². The van der Waals surface area contributed by atoms with Crippen LogP contribution in [0.4, 0.5) is 13.2 Å². The third-order valence-electron chi connectivity index (χ3n) is 1.66. The van der Waals surface area contributed by atoms with Gasteiger partial charge in [0.15, 0.2) is 16.5 Å². The number of nitrogens with zero attached hydrogens (tertiary/aromatic N) is 1. The topological polar surface area (TPSA) is 56.3 Å². The summed E-state index contributed by atoms with van der Waals surface area (Å²) in [5.41, 5.74) is -0.573. The maximum atomic E-state index is 12.4. The lowest BCUT2D eigenvalue weighted by atomic mass is 10.3. The van der Waals surface area contributed by atoms with Crippen LogP contribution in [0, 0.1) is 0 Å².